The summed E-state index contributed by atoms with van der Waals surface area (Å²) >= 11 is 13.7. The highest BCUT2D eigenvalue weighted by molar-refractivity contribution is 7.99. The van der Waals surface area contributed by atoms with Gasteiger partial charge in [-0.2, -0.15) is 0 Å². The van der Waals surface area contributed by atoms with Crippen LogP contribution in [0.3, 0.4) is 0 Å². The fourth-order valence-corrected chi connectivity index (χ4v) is 3.62. The first-order valence-corrected chi connectivity index (χ1v) is 9.51. The van der Waals surface area contributed by atoms with Gasteiger partial charge in [-0.1, -0.05) is 71.4 Å². The molecule has 0 saturated carbocycles. The monoisotopic (exact) mass is 420 g/mol. The predicted octanol–water partition coefficient (Wildman–Crippen LogP) is 4.13. The van der Waals surface area contributed by atoms with Crippen LogP contribution in [0.25, 0.3) is 16.9 Å². The highest BCUT2D eigenvalue weighted by atomic mass is 35.5. The van der Waals surface area contributed by atoms with Gasteiger partial charge in [-0.05, 0) is 12.1 Å². The zero-order chi connectivity index (χ0) is 19.4. The van der Waals surface area contributed by atoms with Gasteiger partial charge in [0.15, 0.2) is 5.16 Å². The standard InChI is InChI=1S/C18H14Cl2N4O2S/c19-12-7-4-8-13(16(12)20)24-14(11-5-2-1-3-6-11)9-22-18(24)27-10-15(25)23-17(21)26/h1-9H,10H2,(H3,21,23,25,26). The van der Waals surface area contributed by atoms with Crippen molar-refractivity contribution < 1.29 is 9.59 Å². The van der Waals surface area contributed by atoms with E-state index in [1.807, 2.05) is 46.3 Å². The molecule has 0 fully saturated rings. The smallest absolute Gasteiger partial charge is 0.318 e. The van der Waals surface area contributed by atoms with Crippen molar-refractivity contribution in [1.29, 1.82) is 0 Å². The Morgan fingerprint density at radius 2 is 1.85 bits per heavy atom. The molecule has 3 N–H and O–H groups in total. The van der Waals surface area contributed by atoms with E-state index in [2.05, 4.69) is 4.98 Å². The SMILES string of the molecule is NC(=O)NC(=O)CSc1ncc(-c2ccccc2)n1-c1cccc(Cl)c1Cl. The fourth-order valence-electron chi connectivity index (χ4n) is 2.45. The lowest BCUT2D eigenvalue weighted by Crippen LogP contribution is -2.36. The van der Waals surface area contributed by atoms with Crippen molar-refractivity contribution in [3.8, 4) is 16.9 Å². The van der Waals surface area contributed by atoms with E-state index in [0.717, 1.165) is 23.0 Å². The maximum Gasteiger partial charge on any atom is 0.318 e. The number of hydrogen-bond donors (Lipinski definition) is 2. The van der Waals surface area contributed by atoms with Crippen molar-refractivity contribution >= 4 is 46.9 Å². The normalized spacial score (nSPS) is 10.6. The minimum atomic E-state index is -0.896. The maximum absolute atomic E-state index is 11.8. The van der Waals surface area contributed by atoms with E-state index in [-0.39, 0.29) is 5.75 Å². The van der Waals surface area contributed by atoms with Crippen LogP contribution in [0.1, 0.15) is 0 Å². The number of nitrogens with two attached hydrogens (primary N) is 1. The molecule has 3 aromatic rings. The number of halogens is 2. The molecule has 0 aliphatic heterocycles. The number of thioether (sulfide) groups is 1. The molecular weight excluding hydrogens is 407 g/mol. The molecule has 0 spiro atoms. The molecular formula is C18H14Cl2N4O2S. The van der Waals surface area contributed by atoms with Crippen molar-refractivity contribution in [1.82, 2.24) is 14.9 Å². The van der Waals surface area contributed by atoms with Gasteiger partial charge in [0.2, 0.25) is 5.91 Å². The number of carbonyl (C=O) groups excluding carboxylic acids is 2. The van der Waals surface area contributed by atoms with Gasteiger partial charge in [0.25, 0.3) is 0 Å². The Morgan fingerprint density at radius 3 is 2.56 bits per heavy atom. The number of aromatic nitrogens is 2. The third-order valence-corrected chi connectivity index (χ3v) is 5.33. The lowest BCUT2D eigenvalue weighted by atomic mass is 10.1. The topological polar surface area (TPSA) is 90.0 Å². The van der Waals surface area contributed by atoms with Crippen LogP contribution in [-0.4, -0.2) is 27.2 Å². The molecule has 3 amide bonds. The Hall–Kier alpha value is -2.48. The van der Waals surface area contributed by atoms with Crippen LogP contribution in [0.2, 0.25) is 10.0 Å². The summed E-state index contributed by atoms with van der Waals surface area (Å²) in [4.78, 5) is 27.0. The molecule has 27 heavy (non-hydrogen) atoms. The van der Waals surface area contributed by atoms with Gasteiger partial charge in [0.05, 0.1) is 33.4 Å². The number of nitrogens with zero attached hydrogens (tertiary/aromatic N) is 2. The van der Waals surface area contributed by atoms with Gasteiger partial charge in [0.1, 0.15) is 0 Å². The molecule has 3 rings (SSSR count). The Morgan fingerprint density at radius 1 is 1.11 bits per heavy atom. The van der Waals surface area contributed by atoms with Crippen molar-refractivity contribution in [2.24, 2.45) is 5.73 Å². The first-order chi connectivity index (χ1) is 13.0. The highest BCUT2D eigenvalue weighted by Gasteiger charge is 2.18. The minimum absolute atomic E-state index is 0.0353. The third kappa shape index (κ3) is 4.44. The van der Waals surface area contributed by atoms with Crippen LogP contribution < -0.4 is 11.1 Å². The van der Waals surface area contributed by atoms with Gasteiger partial charge < -0.3 is 5.73 Å². The number of carbonyl (C=O) groups is 2. The number of primary amides is 1. The predicted molar refractivity (Wildman–Crippen MR) is 107 cm³/mol. The lowest BCUT2D eigenvalue weighted by molar-refractivity contribution is -0.117. The van der Waals surface area contributed by atoms with E-state index in [9.17, 15) is 9.59 Å². The highest BCUT2D eigenvalue weighted by Crippen LogP contribution is 2.35. The summed E-state index contributed by atoms with van der Waals surface area (Å²) in [7, 11) is 0. The van der Waals surface area contributed by atoms with Gasteiger partial charge in [-0.3, -0.25) is 14.7 Å². The molecule has 1 aromatic heterocycles. The van der Waals surface area contributed by atoms with E-state index >= 15 is 0 Å². The average Bonchev–Trinajstić information content (AvgIpc) is 3.06. The first kappa shape index (κ1) is 19.3. The first-order valence-electron chi connectivity index (χ1n) is 7.77. The summed E-state index contributed by atoms with van der Waals surface area (Å²) in [6.45, 7) is 0. The van der Waals surface area contributed by atoms with E-state index < -0.39 is 11.9 Å². The molecule has 9 heteroatoms. The number of amides is 3. The van der Waals surface area contributed by atoms with Crippen molar-refractivity contribution in [3.05, 3.63) is 64.8 Å². The summed E-state index contributed by atoms with van der Waals surface area (Å²) in [5.41, 5.74) is 7.32. The van der Waals surface area contributed by atoms with Crippen molar-refractivity contribution in [2.45, 2.75) is 5.16 Å². The van der Waals surface area contributed by atoms with Crippen LogP contribution in [-0.2, 0) is 4.79 Å². The summed E-state index contributed by atoms with van der Waals surface area (Å²) in [5, 5.41) is 3.33. The molecule has 1 heterocycles. The molecule has 0 atom stereocenters. The van der Waals surface area contributed by atoms with E-state index in [0.29, 0.717) is 20.9 Å². The molecule has 0 aliphatic carbocycles. The van der Waals surface area contributed by atoms with Crippen molar-refractivity contribution in [3.63, 3.8) is 0 Å². The molecule has 2 aromatic carbocycles. The number of imidazole rings is 1. The molecule has 0 unspecified atom stereocenters. The Balaban J connectivity index is 2.04. The van der Waals surface area contributed by atoms with Gasteiger partial charge in [0, 0.05) is 5.56 Å². The summed E-state index contributed by atoms with van der Waals surface area (Å²) in [6, 6.07) is 14.0. The number of imide groups is 1. The fraction of sp³-hybridized carbons (Fsp3) is 0.0556. The zero-order valence-electron chi connectivity index (χ0n) is 13.9. The van der Waals surface area contributed by atoms with Gasteiger partial charge in [-0.15, -0.1) is 0 Å². The average molecular weight is 421 g/mol. The van der Waals surface area contributed by atoms with Crippen LogP contribution in [0.15, 0.2) is 59.9 Å². The van der Waals surface area contributed by atoms with E-state index in [4.69, 9.17) is 28.9 Å². The van der Waals surface area contributed by atoms with Crippen LogP contribution in [0.5, 0.6) is 0 Å². The van der Waals surface area contributed by atoms with E-state index in [1.54, 1.807) is 18.3 Å². The second-order valence-corrected chi connectivity index (χ2v) is 7.13. The number of nitrogens with one attached hydrogen (secondary N) is 1. The third-order valence-electron chi connectivity index (χ3n) is 3.57. The lowest BCUT2D eigenvalue weighted by Gasteiger charge is -2.14. The second-order valence-electron chi connectivity index (χ2n) is 5.40. The maximum atomic E-state index is 11.8. The largest absolute Gasteiger partial charge is 0.351 e. The van der Waals surface area contributed by atoms with Gasteiger partial charge >= 0.3 is 6.03 Å². The molecule has 6 nitrogen and oxygen atoms in total. The summed E-state index contributed by atoms with van der Waals surface area (Å²) in [6.07, 6.45) is 1.70. The Bertz CT molecular complexity index is 992. The number of rotatable bonds is 5. The van der Waals surface area contributed by atoms with Crippen LogP contribution in [0, 0.1) is 0 Å². The second kappa shape index (κ2) is 8.47. The zero-order valence-corrected chi connectivity index (χ0v) is 16.2. The Kier molecular flexibility index (Phi) is 6.05. The van der Waals surface area contributed by atoms with Crippen molar-refractivity contribution in [2.75, 3.05) is 5.75 Å². The summed E-state index contributed by atoms with van der Waals surface area (Å²) < 4.78 is 1.83. The minimum Gasteiger partial charge on any atom is -0.351 e. The summed E-state index contributed by atoms with van der Waals surface area (Å²) in [5.74, 6) is -0.549. The molecule has 0 radical (unpaired) electrons. The number of hydrogen-bond acceptors (Lipinski definition) is 4. The van der Waals surface area contributed by atoms with E-state index in [1.165, 1.54) is 0 Å². The molecule has 0 bridgehead atoms. The number of benzene rings is 2. The molecule has 0 saturated heterocycles. The van der Waals surface area contributed by atoms with Crippen LogP contribution in [0.4, 0.5) is 4.79 Å². The number of urea groups is 1. The van der Waals surface area contributed by atoms with Crippen LogP contribution >= 0.6 is 35.0 Å². The molecule has 138 valence electrons. The molecule has 0 aliphatic rings. The Labute approximate surface area is 169 Å². The quantitative estimate of drug-likeness (QED) is 0.606. The van der Waals surface area contributed by atoms with Gasteiger partial charge in [-0.25, -0.2) is 9.78 Å².